The number of hydrogen-bond acceptors (Lipinski definition) is 2. The van der Waals surface area contributed by atoms with Gasteiger partial charge in [0.05, 0.1) is 0 Å². The molecular weight excluding hydrogens is 523 g/mol. The van der Waals surface area contributed by atoms with E-state index in [0.717, 1.165) is 42.9 Å². The molecule has 0 unspecified atom stereocenters. The monoisotopic (exact) mass is 568 g/mol. The van der Waals surface area contributed by atoms with Crippen LogP contribution in [0.25, 0.3) is 0 Å². The highest BCUT2D eigenvalue weighted by Gasteiger charge is 2.44. The molecule has 0 N–H and O–H groups in total. The van der Waals surface area contributed by atoms with Crippen molar-refractivity contribution in [1.82, 2.24) is 8.68 Å². The highest BCUT2D eigenvalue weighted by Crippen LogP contribution is 2.60. The Bertz CT molecular complexity index is 1490. The Kier molecular flexibility index (Phi) is 7.81. The first-order chi connectivity index (χ1) is 20.0. The van der Waals surface area contributed by atoms with Crippen LogP contribution in [-0.4, -0.2) is 8.68 Å². The number of rotatable bonds is 10. The van der Waals surface area contributed by atoms with E-state index in [1.54, 1.807) is 0 Å². The summed E-state index contributed by atoms with van der Waals surface area (Å²) in [6.45, 7) is 13.6. The molecule has 41 heavy (non-hydrogen) atoms. The number of fused-ring (bicyclic) bond motifs is 4. The second kappa shape index (κ2) is 11.4. The van der Waals surface area contributed by atoms with Crippen LogP contribution < -0.4 is 9.26 Å². The van der Waals surface area contributed by atoms with Gasteiger partial charge in [-0.25, -0.2) is 0 Å². The molecule has 0 aliphatic carbocycles. The number of aromatic nitrogens is 2. The third kappa shape index (κ3) is 4.45. The van der Waals surface area contributed by atoms with Crippen LogP contribution in [-0.2, 0) is 18.3 Å². The van der Waals surface area contributed by atoms with Crippen molar-refractivity contribution in [3.05, 3.63) is 100 Å². The SMILES string of the molecule is CCCCC1(CCCC)c2cccc(C)c2Oc2c(OP3n4c(CC)ccc4C(C)c4ccc(CC)n43)cccc21. The number of ether oxygens (including phenoxy) is 1. The normalized spacial score (nSPS) is 18.2. The van der Waals surface area contributed by atoms with E-state index >= 15 is 0 Å². The Morgan fingerprint density at radius 3 is 1.88 bits per heavy atom. The summed E-state index contributed by atoms with van der Waals surface area (Å²) in [4.78, 5) is 0. The zero-order valence-electron chi connectivity index (χ0n) is 25.7. The van der Waals surface area contributed by atoms with Gasteiger partial charge in [-0.3, -0.25) is 8.68 Å². The minimum absolute atomic E-state index is 0.0744. The van der Waals surface area contributed by atoms with Gasteiger partial charge in [-0.2, -0.15) is 0 Å². The van der Waals surface area contributed by atoms with Gasteiger partial charge in [-0.15, -0.1) is 0 Å². The molecular formula is C36H45N2O2P. The molecule has 0 radical (unpaired) electrons. The van der Waals surface area contributed by atoms with Crippen molar-refractivity contribution in [2.45, 2.75) is 104 Å². The first-order valence-corrected chi connectivity index (χ1v) is 17.0. The van der Waals surface area contributed by atoms with Crippen molar-refractivity contribution >= 4 is 8.45 Å². The fourth-order valence-electron chi connectivity index (χ4n) is 7.10. The average Bonchev–Trinajstić information content (AvgIpc) is 3.63. The molecule has 4 aromatic rings. The predicted octanol–water partition coefficient (Wildman–Crippen LogP) is 10.7. The summed E-state index contributed by atoms with van der Waals surface area (Å²) in [5.41, 5.74) is 9.10. The van der Waals surface area contributed by atoms with E-state index in [2.05, 4.69) is 111 Å². The Labute approximate surface area is 247 Å². The van der Waals surface area contributed by atoms with Gasteiger partial charge in [0, 0.05) is 45.2 Å². The quantitative estimate of drug-likeness (QED) is 0.178. The smallest absolute Gasteiger partial charge is 0.318 e. The summed E-state index contributed by atoms with van der Waals surface area (Å²) < 4.78 is 19.2. The van der Waals surface area contributed by atoms with Crippen LogP contribution in [0, 0.1) is 6.92 Å². The van der Waals surface area contributed by atoms with Crippen molar-refractivity contribution in [1.29, 1.82) is 0 Å². The van der Waals surface area contributed by atoms with Crippen molar-refractivity contribution < 1.29 is 9.26 Å². The van der Waals surface area contributed by atoms with E-state index in [4.69, 9.17) is 9.26 Å². The molecule has 2 aliphatic rings. The Morgan fingerprint density at radius 2 is 1.32 bits per heavy atom. The van der Waals surface area contributed by atoms with Crippen LogP contribution in [0.3, 0.4) is 0 Å². The van der Waals surface area contributed by atoms with Gasteiger partial charge < -0.3 is 9.26 Å². The molecule has 0 atom stereocenters. The average molecular weight is 569 g/mol. The molecule has 2 aliphatic heterocycles. The minimum atomic E-state index is -1.18. The fraction of sp³-hybridized carbons (Fsp3) is 0.444. The first kappa shape index (κ1) is 28.2. The van der Waals surface area contributed by atoms with E-state index in [1.807, 2.05) is 0 Å². The fourth-order valence-corrected chi connectivity index (χ4v) is 9.49. The minimum Gasteiger partial charge on any atom is -0.453 e. The number of benzene rings is 2. The van der Waals surface area contributed by atoms with Gasteiger partial charge in [0.1, 0.15) is 5.75 Å². The lowest BCUT2D eigenvalue weighted by Gasteiger charge is -2.42. The van der Waals surface area contributed by atoms with Crippen LogP contribution in [0.5, 0.6) is 17.2 Å². The third-order valence-corrected chi connectivity index (χ3v) is 11.4. The maximum atomic E-state index is 7.28. The van der Waals surface area contributed by atoms with Crippen molar-refractivity contribution in [3.8, 4) is 17.2 Å². The zero-order valence-corrected chi connectivity index (χ0v) is 26.6. The molecule has 0 spiro atoms. The van der Waals surface area contributed by atoms with Crippen LogP contribution in [0.4, 0.5) is 0 Å². The maximum Gasteiger partial charge on any atom is 0.318 e. The topological polar surface area (TPSA) is 28.3 Å². The summed E-state index contributed by atoms with van der Waals surface area (Å²) in [7, 11) is -1.18. The lowest BCUT2D eigenvalue weighted by molar-refractivity contribution is 0.335. The van der Waals surface area contributed by atoms with Gasteiger partial charge in [0.2, 0.25) is 0 Å². The van der Waals surface area contributed by atoms with Gasteiger partial charge in [0.15, 0.2) is 11.5 Å². The molecule has 4 nitrogen and oxygen atoms in total. The van der Waals surface area contributed by atoms with Gasteiger partial charge in [-0.05, 0) is 68.5 Å². The Balaban J connectivity index is 1.54. The largest absolute Gasteiger partial charge is 0.453 e. The van der Waals surface area contributed by atoms with Crippen LogP contribution >= 0.6 is 8.45 Å². The lowest BCUT2D eigenvalue weighted by atomic mass is 9.66. The second-order valence-electron chi connectivity index (χ2n) is 11.9. The molecule has 6 rings (SSSR count). The standard InChI is InChI=1S/C36H45N2O2P/c1-7-11-23-36(24-12-8-2)29-16-13-15-25(5)34(29)39-35-30(36)17-14-18-33(35)40-41-37-27(9-3)19-21-31(37)26(6)32-22-20-28(10-4)38(32)41/h13-22,26H,7-12,23-24H2,1-6H3. The van der Waals surface area contributed by atoms with Crippen molar-refractivity contribution in [2.24, 2.45) is 0 Å². The molecule has 0 fully saturated rings. The van der Waals surface area contributed by atoms with E-state index in [-0.39, 0.29) is 5.41 Å². The van der Waals surface area contributed by atoms with Gasteiger partial charge in [-0.1, -0.05) is 90.6 Å². The van der Waals surface area contributed by atoms with E-state index in [1.165, 1.54) is 65.1 Å². The molecule has 0 saturated heterocycles. The Hall–Kier alpha value is -2.97. The Morgan fingerprint density at radius 1 is 0.756 bits per heavy atom. The van der Waals surface area contributed by atoms with E-state index in [0.29, 0.717) is 5.92 Å². The van der Waals surface area contributed by atoms with Crippen LogP contribution in [0.1, 0.15) is 119 Å². The van der Waals surface area contributed by atoms with Gasteiger partial charge in [0.25, 0.3) is 0 Å². The van der Waals surface area contributed by atoms with Crippen molar-refractivity contribution in [3.63, 3.8) is 0 Å². The van der Waals surface area contributed by atoms with E-state index < -0.39 is 8.45 Å². The molecule has 4 heterocycles. The molecule has 0 saturated carbocycles. The summed E-state index contributed by atoms with van der Waals surface area (Å²) in [6, 6.07) is 22.5. The second-order valence-corrected chi connectivity index (χ2v) is 13.4. The summed E-state index contributed by atoms with van der Waals surface area (Å²) in [5.74, 6) is 3.13. The van der Waals surface area contributed by atoms with Crippen molar-refractivity contribution in [2.75, 3.05) is 0 Å². The summed E-state index contributed by atoms with van der Waals surface area (Å²) >= 11 is 0. The highest BCUT2D eigenvalue weighted by atomic mass is 31.2. The molecule has 0 bridgehead atoms. The molecule has 2 aromatic heterocycles. The van der Waals surface area contributed by atoms with E-state index in [9.17, 15) is 0 Å². The number of aryl methyl sites for hydroxylation is 3. The molecule has 2 aromatic carbocycles. The highest BCUT2D eigenvalue weighted by molar-refractivity contribution is 7.50. The number of nitrogens with zero attached hydrogens (tertiary/aromatic N) is 2. The molecule has 5 heteroatoms. The number of para-hydroxylation sites is 2. The third-order valence-electron chi connectivity index (χ3n) is 9.40. The van der Waals surface area contributed by atoms with Crippen LogP contribution in [0.2, 0.25) is 0 Å². The van der Waals surface area contributed by atoms with Gasteiger partial charge >= 0.3 is 8.45 Å². The maximum absolute atomic E-state index is 7.28. The van der Waals surface area contributed by atoms with Crippen LogP contribution in [0.15, 0.2) is 60.7 Å². The molecule has 0 amide bonds. The first-order valence-electron chi connectivity index (χ1n) is 15.8. The number of hydrogen-bond donors (Lipinski definition) is 0. The predicted molar refractivity (Wildman–Crippen MR) is 171 cm³/mol. The summed E-state index contributed by atoms with van der Waals surface area (Å²) in [5, 5.41) is 0. The number of unbranched alkanes of at least 4 members (excludes halogenated alkanes) is 2. The molecule has 216 valence electrons. The zero-order chi connectivity index (χ0) is 28.7. The lowest BCUT2D eigenvalue weighted by Crippen LogP contribution is -2.32. The summed E-state index contributed by atoms with van der Waals surface area (Å²) in [6.07, 6.45) is 8.91.